The molecule has 0 aliphatic rings. The Morgan fingerprint density at radius 1 is 1.06 bits per heavy atom. The maximum Gasteiger partial charge on any atom is 0.327 e. The lowest BCUT2D eigenvalue weighted by molar-refractivity contribution is 0.391. The van der Waals surface area contributed by atoms with Crippen molar-refractivity contribution in [2.75, 3.05) is 0 Å². The molecule has 2 aromatic rings. The number of hydrogen-bond donors (Lipinski definition) is 0. The third kappa shape index (κ3) is 3.04. The molecular formula is C9H2BrCl2F2N3O. The molecule has 0 aliphatic carbocycles. The molecule has 94 valence electrons. The molecule has 18 heavy (non-hydrogen) atoms. The van der Waals surface area contributed by atoms with Gasteiger partial charge in [-0.25, -0.2) is 4.39 Å². The number of aromatic nitrogens is 3. The Balaban J connectivity index is 2.39. The topological polar surface area (TPSA) is 47.9 Å². The van der Waals surface area contributed by atoms with E-state index in [1.54, 1.807) is 0 Å². The summed E-state index contributed by atoms with van der Waals surface area (Å²) in [4.78, 5) is 10.6. The second kappa shape index (κ2) is 5.29. The monoisotopic (exact) mass is 355 g/mol. The molecule has 0 bridgehead atoms. The van der Waals surface area contributed by atoms with Gasteiger partial charge in [-0.15, -0.1) is 0 Å². The van der Waals surface area contributed by atoms with E-state index in [4.69, 9.17) is 27.9 Å². The number of rotatable bonds is 2. The minimum Gasteiger partial charge on any atom is -0.421 e. The molecule has 2 rings (SSSR count). The number of ether oxygens (including phenoxy) is 1. The Hall–Kier alpha value is -1.05. The summed E-state index contributed by atoms with van der Waals surface area (Å²) in [6, 6.07) is 1.83. The van der Waals surface area contributed by atoms with Crippen molar-refractivity contribution in [1.82, 2.24) is 15.0 Å². The van der Waals surface area contributed by atoms with E-state index < -0.39 is 17.4 Å². The van der Waals surface area contributed by atoms with Crippen LogP contribution in [0.2, 0.25) is 10.6 Å². The van der Waals surface area contributed by atoms with Crippen LogP contribution in [0.15, 0.2) is 16.6 Å². The van der Waals surface area contributed by atoms with Crippen LogP contribution in [0.25, 0.3) is 0 Å². The summed E-state index contributed by atoms with van der Waals surface area (Å²) >= 11 is 14.0. The first-order valence-electron chi connectivity index (χ1n) is 4.35. The van der Waals surface area contributed by atoms with Crippen molar-refractivity contribution in [3.63, 3.8) is 0 Å². The van der Waals surface area contributed by atoms with Gasteiger partial charge in [0, 0.05) is 4.47 Å². The Labute approximate surface area is 118 Å². The van der Waals surface area contributed by atoms with Gasteiger partial charge in [0.25, 0.3) is 0 Å². The predicted molar refractivity (Wildman–Crippen MR) is 64.0 cm³/mol. The van der Waals surface area contributed by atoms with E-state index in [2.05, 4.69) is 30.9 Å². The van der Waals surface area contributed by atoms with E-state index in [9.17, 15) is 8.78 Å². The maximum absolute atomic E-state index is 13.4. The largest absolute Gasteiger partial charge is 0.421 e. The van der Waals surface area contributed by atoms with E-state index in [-0.39, 0.29) is 16.6 Å². The summed E-state index contributed by atoms with van der Waals surface area (Å²) in [6.45, 7) is 0. The lowest BCUT2D eigenvalue weighted by atomic mass is 10.3. The van der Waals surface area contributed by atoms with E-state index >= 15 is 0 Å². The number of benzene rings is 1. The van der Waals surface area contributed by atoms with Crippen molar-refractivity contribution in [3.05, 3.63) is 38.8 Å². The van der Waals surface area contributed by atoms with E-state index in [0.29, 0.717) is 4.47 Å². The first kappa shape index (κ1) is 13.4. The van der Waals surface area contributed by atoms with Gasteiger partial charge in [-0.1, -0.05) is 15.9 Å². The van der Waals surface area contributed by atoms with Gasteiger partial charge in [0.2, 0.25) is 16.4 Å². The minimum absolute atomic E-state index is 0.221. The van der Waals surface area contributed by atoms with Gasteiger partial charge < -0.3 is 4.74 Å². The molecule has 0 aliphatic heterocycles. The lowest BCUT2D eigenvalue weighted by Gasteiger charge is -2.06. The highest BCUT2D eigenvalue weighted by molar-refractivity contribution is 9.10. The molecule has 1 aromatic heterocycles. The standard InChI is InChI=1S/C9H2BrCl2F2N3O/c10-3-1-4(13)6(14)5(2-3)18-9-16-7(11)15-8(12)17-9/h1-2H. The minimum atomic E-state index is -1.18. The van der Waals surface area contributed by atoms with E-state index in [0.717, 1.165) is 6.07 Å². The first-order valence-corrected chi connectivity index (χ1v) is 5.90. The van der Waals surface area contributed by atoms with Crippen LogP contribution in [0, 0.1) is 11.6 Å². The quantitative estimate of drug-likeness (QED) is 0.763. The molecule has 0 saturated heterocycles. The molecule has 1 heterocycles. The van der Waals surface area contributed by atoms with Gasteiger partial charge in [0.05, 0.1) is 0 Å². The highest BCUT2D eigenvalue weighted by atomic mass is 79.9. The summed E-state index contributed by atoms with van der Waals surface area (Å²) in [5, 5.41) is -0.443. The van der Waals surface area contributed by atoms with Crippen molar-refractivity contribution in [2.45, 2.75) is 0 Å². The van der Waals surface area contributed by atoms with Crippen LogP contribution in [0.3, 0.4) is 0 Å². The summed E-state index contributed by atoms with van der Waals surface area (Å²) < 4.78 is 31.8. The highest BCUT2D eigenvalue weighted by Crippen LogP contribution is 2.28. The molecule has 9 heteroatoms. The number of hydrogen-bond acceptors (Lipinski definition) is 4. The molecule has 0 amide bonds. The molecule has 4 nitrogen and oxygen atoms in total. The van der Waals surface area contributed by atoms with Crippen LogP contribution < -0.4 is 4.74 Å². The van der Waals surface area contributed by atoms with Gasteiger partial charge >= 0.3 is 6.01 Å². The molecule has 0 spiro atoms. The zero-order chi connectivity index (χ0) is 13.3. The zero-order valence-electron chi connectivity index (χ0n) is 8.29. The molecule has 1 aromatic carbocycles. The SMILES string of the molecule is Fc1cc(Br)cc(Oc2nc(Cl)nc(Cl)n2)c1F. The van der Waals surface area contributed by atoms with Crippen LogP contribution >= 0.6 is 39.1 Å². The smallest absolute Gasteiger partial charge is 0.327 e. The molecule has 0 fully saturated rings. The van der Waals surface area contributed by atoms with Crippen molar-refractivity contribution in [2.24, 2.45) is 0 Å². The van der Waals surface area contributed by atoms with Gasteiger partial charge in [-0.05, 0) is 35.3 Å². The van der Waals surface area contributed by atoms with Crippen LogP contribution in [-0.2, 0) is 0 Å². The van der Waals surface area contributed by atoms with Gasteiger partial charge in [-0.3, -0.25) is 0 Å². The molecule has 0 saturated carbocycles. The summed E-state index contributed by atoms with van der Waals surface area (Å²) in [6.07, 6.45) is 0. The molecule has 0 atom stereocenters. The average Bonchev–Trinajstić information content (AvgIpc) is 2.23. The lowest BCUT2D eigenvalue weighted by Crippen LogP contribution is -1.98. The van der Waals surface area contributed by atoms with Crippen molar-refractivity contribution in [3.8, 4) is 11.8 Å². The second-order valence-electron chi connectivity index (χ2n) is 2.96. The van der Waals surface area contributed by atoms with Crippen molar-refractivity contribution >= 4 is 39.1 Å². The third-order valence-corrected chi connectivity index (χ3v) is 2.52. The Kier molecular flexibility index (Phi) is 3.94. The number of nitrogens with zero attached hydrogens (tertiary/aromatic N) is 3. The zero-order valence-corrected chi connectivity index (χ0v) is 11.4. The second-order valence-corrected chi connectivity index (χ2v) is 4.55. The molecule has 0 N–H and O–H groups in total. The fraction of sp³-hybridized carbons (Fsp3) is 0. The highest BCUT2D eigenvalue weighted by Gasteiger charge is 2.14. The number of halogens is 5. The van der Waals surface area contributed by atoms with Crippen LogP contribution in [0.4, 0.5) is 8.78 Å². The van der Waals surface area contributed by atoms with E-state index in [1.807, 2.05) is 0 Å². The Bertz CT molecular complexity index is 594. The van der Waals surface area contributed by atoms with Crippen LogP contribution in [0.5, 0.6) is 11.8 Å². The summed E-state index contributed by atoms with van der Waals surface area (Å²) in [5.74, 6) is -2.66. The Morgan fingerprint density at radius 2 is 1.67 bits per heavy atom. The molecule has 0 unspecified atom stereocenters. The summed E-state index contributed by atoms with van der Waals surface area (Å²) in [7, 11) is 0. The van der Waals surface area contributed by atoms with Gasteiger partial charge in [0.15, 0.2) is 11.6 Å². The normalized spacial score (nSPS) is 10.5. The van der Waals surface area contributed by atoms with Gasteiger partial charge in [-0.2, -0.15) is 19.3 Å². The third-order valence-electron chi connectivity index (χ3n) is 1.72. The van der Waals surface area contributed by atoms with Crippen molar-refractivity contribution in [1.29, 1.82) is 0 Å². The molecular weight excluding hydrogens is 355 g/mol. The van der Waals surface area contributed by atoms with Crippen molar-refractivity contribution < 1.29 is 13.5 Å². The molecule has 0 radical (unpaired) electrons. The Morgan fingerprint density at radius 3 is 2.28 bits per heavy atom. The van der Waals surface area contributed by atoms with E-state index in [1.165, 1.54) is 6.07 Å². The first-order chi connectivity index (χ1) is 8.45. The van der Waals surface area contributed by atoms with Crippen LogP contribution in [-0.4, -0.2) is 15.0 Å². The van der Waals surface area contributed by atoms with Gasteiger partial charge in [0.1, 0.15) is 0 Å². The maximum atomic E-state index is 13.4. The fourth-order valence-corrected chi connectivity index (χ4v) is 1.82. The fourth-order valence-electron chi connectivity index (χ4n) is 1.06. The average molecular weight is 357 g/mol. The predicted octanol–water partition coefficient (Wildman–Crippen LogP) is 4.01. The van der Waals surface area contributed by atoms with Crippen LogP contribution in [0.1, 0.15) is 0 Å². The summed E-state index contributed by atoms with van der Waals surface area (Å²) in [5.41, 5.74) is 0.